The first kappa shape index (κ1) is 31.3. The van der Waals surface area contributed by atoms with Gasteiger partial charge in [-0.1, -0.05) is 176 Å². The number of hydrogen-bond acceptors (Lipinski definition) is 1. The van der Waals surface area contributed by atoms with Gasteiger partial charge in [0.1, 0.15) is 0 Å². The van der Waals surface area contributed by atoms with Crippen LogP contribution in [0.25, 0.3) is 54.6 Å². The highest BCUT2D eigenvalue weighted by atomic mass is 28.3. The molecule has 0 aliphatic heterocycles. The van der Waals surface area contributed by atoms with Crippen molar-refractivity contribution < 1.29 is 0 Å². The minimum atomic E-state index is -1.51. The predicted molar refractivity (Wildman–Crippen MR) is 233 cm³/mol. The van der Waals surface area contributed by atoms with Crippen molar-refractivity contribution in [3.63, 3.8) is 0 Å². The molecule has 0 radical (unpaired) electrons. The molecule has 54 heavy (non-hydrogen) atoms. The average molecular weight is 706 g/mol. The Kier molecular flexibility index (Phi) is 6.60. The second-order valence-electron chi connectivity index (χ2n) is 16.0. The van der Waals surface area contributed by atoms with Crippen LogP contribution in [0.15, 0.2) is 182 Å². The van der Waals surface area contributed by atoms with Gasteiger partial charge in [-0.3, -0.25) is 0 Å². The van der Waals surface area contributed by atoms with E-state index in [0.29, 0.717) is 0 Å². The molecule has 9 aromatic carbocycles. The smallest absolute Gasteiger partial charge is 0.0775 e. The minimum absolute atomic E-state index is 0.365. The van der Waals surface area contributed by atoms with Crippen LogP contribution in [0.1, 0.15) is 22.3 Å². The molecular formula is C52H39NSi. The molecule has 0 saturated heterocycles. The lowest BCUT2D eigenvalue weighted by molar-refractivity contribution is 0.794. The highest BCUT2D eigenvalue weighted by Gasteiger charge is 2.51. The number of rotatable bonds is 4. The molecule has 0 fully saturated rings. The molecule has 2 aliphatic rings. The fourth-order valence-electron chi connectivity index (χ4n) is 9.89. The molecule has 11 rings (SSSR count). The molecule has 0 atom stereocenters. The van der Waals surface area contributed by atoms with E-state index in [4.69, 9.17) is 0 Å². The van der Waals surface area contributed by atoms with Crippen molar-refractivity contribution in [2.45, 2.75) is 25.1 Å². The van der Waals surface area contributed by atoms with E-state index < -0.39 is 8.07 Å². The van der Waals surface area contributed by atoms with Crippen LogP contribution in [0.4, 0.5) is 17.1 Å². The summed E-state index contributed by atoms with van der Waals surface area (Å²) in [6.45, 7) is 7.28. The largest absolute Gasteiger partial charge is 0.310 e. The summed E-state index contributed by atoms with van der Waals surface area (Å²) >= 11 is 0. The van der Waals surface area contributed by atoms with E-state index in [-0.39, 0.29) is 5.41 Å². The van der Waals surface area contributed by atoms with Crippen molar-refractivity contribution in [3.8, 4) is 22.3 Å². The zero-order valence-corrected chi connectivity index (χ0v) is 31.8. The van der Waals surface area contributed by atoms with E-state index in [1.807, 2.05) is 0 Å². The lowest BCUT2D eigenvalue weighted by atomic mass is 9.70. The van der Waals surface area contributed by atoms with Gasteiger partial charge in [0, 0.05) is 16.8 Å². The van der Waals surface area contributed by atoms with E-state index in [1.165, 1.54) is 93.4 Å². The molecule has 2 heteroatoms. The normalized spacial score (nSPS) is 13.6. The van der Waals surface area contributed by atoms with Crippen LogP contribution in [0.2, 0.25) is 19.6 Å². The fraction of sp³-hybridized carbons (Fsp3) is 0.0769. The molecule has 0 bridgehead atoms. The van der Waals surface area contributed by atoms with Gasteiger partial charge < -0.3 is 4.90 Å². The van der Waals surface area contributed by atoms with E-state index in [9.17, 15) is 0 Å². The summed E-state index contributed by atoms with van der Waals surface area (Å²) in [7, 11) is -1.51. The van der Waals surface area contributed by atoms with Gasteiger partial charge in [0.25, 0.3) is 0 Å². The van der Waals surface area contributed by atoms with Crippen molar-refractivity contribution >= 4 is 62.6 Å². The quantitative estimate of drug-likeness (QED) is 0.130. The predicted octanol–water partition coefficient (Wildman–Crippen LogP) is 13.5. The van der Waals surface area contributed by atoms with Gasteiger partial charge in [-0.25, -0.2) is 0 Å². The third-order valence-corrected chi connectivity index (χ3v) is 14.3. The van der Waals surface area contributed by atoms with Crippen LogP contribution in [-0.2, 0) is 5.41 Å². The molecule has 256 valence electrons. The van der Waals surface area contributed by atoms with Gasteiger partial charge in [0.15, 0.2) is 0 Å². The van der Waals surface area contributed by atoms with Gasteiger partial charge in [-0.2, -0.15) is 0 Å². The molecule has 0 heterocycles. The van der Waals surface area contributed by atoms with Gasteiger partial charge in [0.2, 0.25) is 0 Å². The minimum Gasteiger partial charge on any atom is -0.310 e. The van der Waals surface area contributed by atoms with Crippen molar-refractivity contribution in [2.75, 3.05) is 4.90 Å². The Labute approximate surface area is 317 Å². The maximum absolute atomic E-state index is 2.52. The van der Waals surface area contributed by atoms with Crippen LogP contribution in [0, 0.1) is 0 Å². The summed E-state index contributed by atoms with van der Waals surface area (Å²) in [5.74, 6) is 0. The monoisotopic (exact) mass is 705 g/mol. The third kappa shape index (κ3) is 4.20. The zero-order chi connectivity index (χ0) is 36.2. The van der Waals surface area contributed by atoms with E-state index in [2.05, 4.69) is 207 Å². The Hall–Kier alpha value is -6.22. The Balaban J connectivity index is 1.22. The molecule has 1 nitrogen and oxygen atoms in total. The highest BCUT2D eigenvalue weighted by molar-refractivity contribution is 6.88. The van der Waals surface area contributed by atoms with Gasteiger partial charge >= 0.3 is 0 Å². The Bertz CT molecular complexity index is 2890. The lowest BCUT2D eigenvalue weighted by Gasteiger charge is -2.31. The van der Waals surface area contributed by atoms with Crippen molar-refractivity contribution in [1.29, 1.82) is 0 Å². The van der Waals surface area contributed by atoms with Gasteiger partial charge in [-0.05, 0) is 102 Å². The summed E-state index contributed by atoms with van der Waals surface area (Å²) < 4.78 is 0. The van der Waals surface area contributed by atoms with Gasteiger partial charge in [0.05, 0.1) is 19.2 Å². The number of benzene rings is 9. The highest BCUT2D eigenvalue weighted by Crippen LogP contribution is 2.63. The van der Waals surface area contributed by atoms with Gasteiger partial charge in [-0.15, -0.1) is 0 Å². The van der Waals surface area contributed by atoms with Crippen LogP contribution in [-0.4, -0.2) is 8.07 Å². The Morgan fingerprint density at radius 1 is 0.370 bits per heavy atom. The van der Waals surface area contributed by atoms with E-state index in [1.54, 1.807) is 0 Å². The SMILES string of the molecule is C[Si](C)(C)c1ccc(N(c2ccc3c(c2)-c2ccccc2C32c3ccccc3-c3ccccc32)c2cccc3c4ccccc4c4ccccc4c23)cc1. The molecule has 1 spiro atoms. The van der Waals surface area contributed by atoms with Crippen LogP contribution in [0.3, 0.4) is 0 Å². The van der Waals surface area contributed by atoms with E-state index in [0.717, 1.165) is 5.69 Å². The van der Waals surface area contributed by atoms with Crippen LogP contribution in [0.5, 0.6) is 0 Å². The third-order valence-electron chi connectivity index (χ3n) is 12.2. The maximum atomic E-state index is 2.52. The van der Waals surface area contributed by atoms with Crippen molar-refractivity contribution in [2.24, 2.45) is 0 Å². The summed E-state index contributed by atoms with van der Waals surface area (Å²) in [6, 6.07) is 68.6. The molecule has 0 aromatic heterocycles. The first-order valence-electron chi connectivity index (χ1n) is 19.1. The number of fused-ring (bicyclic) bond motifs is 16. The molecular weight excluding hydrogens is 667 g/mol. The fourth-order valence-corrected chi connectivity index (χ4v) is 11.1. The topological polar surface area (TPSA) is 3.24 Å². The summed E-state index contributed by atoms with van der Waals surface area (Å²) in [5, 5.41) is 9.14. The molecule has 9 aromatic rings. The lowest BCUT2D eigenvalue weighted by Crippen LogP contribution is -2.37. The number of hydrogen-bond donors (Lipinski definition) is 0. The maximum Gasteiger partial charge on any atom is 0.0775 e. The summed E-state index contributed by atoms with van der Waals surface area (Å²) in [4.78, 5) is 2.52. The van der Waals surface area contributed by atoms with Crippen LogP contribution < -0.4 is 10.1 Å². The Morgan fingerprint density at radius 3 is 1.35 bits per heavy atom. The van der Waals surface area contributed by atoms with Crippen LogP contribution >= 0.6 is 0 Å². The molecule has 0 amide bonds. The zero-order valence-electron chi connectivity index (χ0n) is 30.8. The molecule has 0 unspecified atom stereocenters. The standard InChI is InChI=1S/C52H39NSi/c1-54(2,3)36-30-27-34(28-31-36)53(50-26-14-22-44-39-16-5-4-15-37(39)38-17-6-7-21-43(38)51(44)50)35-29-32-49-45(33-35)42-20-10-13-25-48(42)52(49)46-23-11-8-18-40(46)41-19-9-12-24-47(41)52/h4-33H,1-3H3. The first-order valence-corrected chi connectivity index (χ1v) is 22.6. The summed E-state index contributed by atoms with van der Waals surface area (Å²) in [5.41, 5.74) is 13.9. The second kappa shape index (κ2) is 11.4. The van der Waals surface area contributed by atoms with Crippen molar-refractivity contribution in [1.82, 2.24) is 0 Å². The second-order valence-corrected chi connectivity index (χ2v) is 21.1. The summed E-state index contributed by atoms with van der Waals surface area (Å²) in [6.07, 6.45) is 0. The molecule has 2 aliphatic carbocycles. The Morgan fingerprint density at radius 2 is 0.796 bits per heavy atom. The molecule has 0 N–H and O–H groups in total. The van der Waals surface area contributed by atoms with Crippen molar-refractivity contribution in [3.05, 3.63) is 204 Å². The number of anilines is 3. The molecule has 0 saturated carbocycles. The van der Waals surface area contributed by atoms with E-state index >= 15 is 0 Å². The first-order chi connectivity index (χ1) is 26.4. The average Bonchev–Trinajstić information content (AvgIpc) is 3.68. The number of nitrogens with zero attached hydrogens (tertiary/aromatic N) is 1.